The van der Waals surface area contributed by atoms with E-state index >= 15 is 0 Å². The zero-order valence-corrected chi connectivity index (χ0v) is 8.50. The summed E-state index contributed by atoms with van der Waals surface area (Å²) >= 11 is 0. The molecule has 0 fully saturated rings. The fraction of sp³-hybridized carbons (Fsp3) is 0.455. The first-order chi connectivity index (χ1) is 6.22. The molecule has 0 aromatic heterocycles. The molecule has 0 amide bonds. The quantitative estimate of drug-likeness (QED) is 0.763. The molecule has 1 aromatic rings. The molecular weight excluding hydrogens is 162 g/mol. The number of ether oxygens (including phenoxy) is 1. The lowest BCUT2D eigenvalue weighted by Crippen LogP contribution is -2.28. The molecule has 1 rings (SSSR count). The van der Waals surface area contributed by atoms with Crippen LogP contribution in [0, 0.1) is 6.92 Å². The van der Waals surface area contributed by atoms with E-state index in [0.717, 1.165) is 5.75 Å². The van der Waals surface area contributed by atoms with Gasteiger partial charge in [0.25, 0.3) is 0 Å². The van der Waals surface area contributed by atoms with E-state index in [4.69, 9.17) is 4.74 Å². The lowest BCUT2D eigenvalue weighted by Gasteiger charge is -2.11. The van der Waals surface area contributed by atoms with Gasteiger partial charge < -0.3 is 10.1 Å². The fourth-order valence-electron chi connectivity index (χ4n) is 0.939. The molecule has 0 saturated carbocycles. The van der Waals surface area contributed by atoms with E-state index in [1.54, 1.807) is 0 Å². The standard InChI is InChI=1S/C11H17NO/c1-9-4-6-11(7-5-9)13-8-10(2)12-3/h4-7,10,12H,8H2,1-3H3. The molecule has 0 aliphatic heterocycles. The molecule has 1 unspecified atom stereocenters. The van der Waals surface area contributed by atoms with E-state index < -0.39 is 0 Å². The van der Waals surface area contributed by atoms with E-state index in [2.05, 4.69) is 31.3 Å². The predicted octanol–water partition coefficient (Wildman–Crippen LogP) is 1.98. The molecule has 13 heavy (non-hydrogen) atoms. The fourth-order valence-corrected chi connectivity index (χ4v) is 0.939. The maximum Gasteiger partial charge on any atom is 0.119 e. The minimum Gasteiger partial charge on any atom is -0.492 e. The number of rotatable bonds is 4. The van der Waals surface area contributed by atoms with Crippen LogP contribution in [0.4, 0.5) is 0 Å². The zero-order valence-electron chi connectivity index (χ0n) is 8.50. The topological polar surface area (TPSA) is 21.3 Å². The lowest BCUT2D eigenvalue weighted by atomic mass is 10.2. The largest absolute Gasteiger partial charge is 0.492 e. The average molecular weight is 179 g/mol. The van der Waals surface area contributed by atoms with Gasteiger partial charge in [0.1, 0.15) is 12.4 Å². The normalized spacial score (nSPS) is 12.5. The smallest absolute Gasteiger partial charge is 0.119 e. The van der Waals surface area contributed by atoms with E-state index in [1.807, 2.05) is 19.2 Å². The summed E-state index contributed by atoms with van der Waals surface area (Å²) in [6.07, 6.45) is 0. The van der Waals surface area contributed by atoms with Gasteiger partial charge in [-0.2, -0.15) is 0 Å². The minimum atomic E-state index is 0.390. The van der Waals surface area contributed by atoms with Gasteiger partial charge in [-0.1, -0.05) is 17.7 Å². The van der Waals surface area contributed by atoms with E-state index in [-0.39, 0.29) is 0 Å². The van der Waals surface area contributed by atoms with Crippen LogP contribution in [-0.2, 0) is 0 Å². The van der Waals surface area contributed by atoms with Gasteiger partial charge >= 0.3 is 0 Å². The molecule has 0 saturated heterocycles. The van der Waals surface area contributed by atoms with Crippen molar-refractivity contribution in [3.8, 4) is 5.75 Å². The summed E-state index contributed by atoms with van der Waals surface area (Å²) in [5.74, 6) is 0.938. The van der Waals surface area contributed by atoms with E-state index in [1.165, 1.54) is 5.56 Å². The third-order valence-corrected chi connectivity index (χ3v) is 2.01. The molecular formula is C11H17NO. The van der Waals surface area contributed by atoms with Crippen molar-refractivity contribution in [2.45, 2.75) is 19.9 Å². The van der Waals surface area contributed by atoms with Crippen LogP contribution < -0.4 is 10.1 Å². The monoisotopic (exact) mass is 179 g/mol. The molecule has 0 aliphatic carbocycles. The van der Waals surface area contributed by atoms with Crippen LogP contribution >= 0.6 is 0 Å². The Bertz CT molecular complexity index is 243. The molecule has 1 atom stereocenters. The second kappa shape index (κ2) is 4.87. The Morgan fingerprint density at radius 1 is 1.31 bits per heavy atom. The van der Waals surface area contributed by atoms with Gasteiger partial charge in [0.15, 0.2) is 0 Å². The molecule has 72 valence electrons. The van der Waals surface area contributed by atoms with Crippen LogP contribution in [0.5, 0.6) is 5.75 Å². The summed E-state index contributed by atoms with van der Waals surface area (Å²) in [4.78, 5) is 0. The third-order valence-electron chi connectivity index (χ3n) is 2.01. The van der Waals surface area contributed by atoms with Crippen molar-refractivity contribution >= 4 is 0 Å². The number of aryl methyl sites for hydroxylation is 1. The summed E-state index contributed by atoms with van der Waals surface area (Å²) in [7, 11) is 1.93. The zero-order chi connectivity index (χ0) is 9.68. The van der Waals surface area contributed by atoms with Crippen LogP contribution in [0.2, 0.25) is 0 Å². The number of benzene rings is 1. The number of likely N-dealkylation sites (N-methyl/N-ethyl adjacent to an activating group) is 1. The first-order valence-corrected chi connectivity index (χ1v) is 4.59. The Labute approximate surface area is 79.9 Å². The van der Waals surface area contributed by atoms with E-state index in [0.29, 0.717) is 12.6 Å². The second-order valence-corrected chi connectivity index (χ2v) is 3.31. The highest BCUT2D eigenvalue weighted by molar-refractivity contribution is 5.26. The van der Waals surface area contributed by atoms with Gasteiger partial charge in [-0.25, -0.2) is 0 Å². The Kier molecular flexibility index (Phi) is 3.77. The van der Waals surface area contributed by atoms with E-state index in [9.17, 15) is 0 Å². The van der Waals surface area contributed by atoms with Crippen LogP contribution in [0.15, 0.2) is 24.3 Å². The first kappa shape index (κ1) is 10.1. The van der Waals surface area contributed by atoms with Crippen LogP contribution in [-0.4, -0.2) is 19.7 Å². The molecule has 0 heterocycles. The number of nitrogens with one attached hydrogen (secondary N) is 1. The van der Waals surface area contributed by atoms with Gasteiger partial charge in [0.2, 0.25) is 0 Å². The van der Waals surface area contributed by atoms with Gasteiger partial charge in [-0.05, 0) is 33.0 Å². The Hall–Kier alpha value is -1.02. The van der Waals surface area contributed by atoms with Crippen molar-refractivity contribution < 1.29 is 4.74 Å². The highest BCUT2D eigenvalue weighted by Crippen LogP contribution is 2.11. The molecule has 0 radical (unpaired) electrons. The maximum absolute atomic E-state index is 5.55. The van der Waals surface area contributed by atoms with Crippen molar-refractivity contribution in [2.75, 3.05) is 13.7 Å². The summed E-state index contributed by atoms with van der Waals surface area (Å²) in [5.41, 5.74) is 1.26. The highest BCUT2D eigenvalue weighted by atomic mass is 16.5. The van der Waals surface area contributed by atoms with Crippen LogP contribution in [0.1, 0.15) is 12.5 Å². The van der Waals surface area contributed by atoms with Gasteiger partial charge in [-0.15, -0.1) is 0 Å². The molecule has 1 aromatic carbocycles. The summed E-state index contributed by atoms with van der Waals surface area (Å²) in [6, 6.07) is 8.50. The van der Waals surface area contributed by atoms with Crippen LogP contribution in [0.3, 0.4) is 0 Å². The molecule has 1 N–H and O–H groups in total. The second-order valence-electron chi connectivity index (χ2n) is 3.31. The van der Waals surface area contributed by atoms with Crippen molar-refractivity contribution in [3.05, 3.63) is 29.8 Å². The van der Waals surface area contributed by atoms with Gasteiger partial charge in [0, 0.05) is 6.04 Å². The lowest BCUT2D eigenvalue weighted by molar-refractivity contribution is 0.280. The SMILES string of the molecule is CNC(C)COc1ccc(C)cc1. The van der Waals surface area contributed by atoms with Crippen molar-refractivity contribution in [1.29, 1.82) is 0 Å². The maximum atomic E-state index is 5.55. The summed E-state index contributed by atoms with van der Waals surface area (Å²) in [5, 5.41) is 3.12. The number of hydrogen-bond donors (Lipinski definition) is 1. The molecule has 0 bridgehead atoms. The minimum absolute atomic E-state index is 0.390. The third kappa shape index (κ3) is 3.47. The Balaban J connectivity index is 2.41. The Morgan fingerprint density at radius 2 is 1.92 bits per heavy atom. The predicted molar refractivity (Wildman–Crippen MR) is 55.2 cm³/mol. The molecule has 0 aliphatic rings. The van der Waals surface area contributed by atoms with Gasteiger partial charge in [-0.3, -0.25) is 0 Å². The van der Waals surface area contributed by atoms with Crippen LogP contribution in [0.25, 0.3) is 0 Å². The summed E-state index contributed by atoms with van der Waals surface area (Å²) in [6.45, 7) is 4.87. The molecule has 0 spiro atoms. The molecule has 2 nitrogen and oxygen atoms in total. The highest BCUT2D eigenvalue weighted by Gasteiger charge is 1.98. The average Bonchev–Trinajstić information content (AvgIpc) is 2.16. The van der Waals surface area contributed by atoms with Gasteiger partial charge in [0.05, 0.1) is 0 Å². The van der Waals surface area contributed by atoms with Crippen molar-refractivity contribution in [3.63, 3.8) is 0 Å². The summed E-state index contributed by atoms with van der Waals surface area (Å²) < 4.78 is 5.55. The molecule has 2 heteroatoms. The first-order valence-electron chi connectivity index (χ1n) is 4.59. The Morgan fingerprint density at radius 3 is 2.46 bits per heavy atom. The van der Waals surface area contributed by atoms with Crippen molar-refractivity contribution in [1.82, 2.24) is 5.32 Å². The van der Waals surface area contributed by atoms with Crippen molar-refractivity contribution in [2.24, 2.45) is 0 Å². The number of hydrogen-bond acceptors (Lipinski definition) is 2.